The van der Waals surface area contributed by atoms with Gasteiger partial charge in [0.25, 0.3) is 0 Å². The van der Waals surface area contributed by atoms with Crippen LogP contribution in [-0.2, 0) is 26.7 Å². The number of aromatic nitrogens is 2. The zero-order valence-corrected chi connectivity index (χ0v) is 18.8. The summed E-state index contributed by atoms with van der Waals surface area (Å²) in [5.74, 6) is 1.71. The van der Waals surface area contributed by atoms with Gasteiger partial charge in [0.1, 0.15) is 5.75 Å². The number of nitrogens with one attached hydrogen (secondary N) is 1. The molecule has 0 bridgehead atoms. The number of rotatable bonds is 7. The number of nitrogens with zero attached hydrogens (tertiary/aromatic N) is 3. The second-order valence-electron chi connectivity index (χ2n) is 8.51. The van der Waals surface area contributed by atoms with Crippen molar-refractivity contribution in [2.75, 3.05) is 26.0 Å². The van der Waals surface area contributed by atoms with E-state index in [1.165, 1.54) is 10.6 Å². The first-order valence-corrected chi connectivity index (χ1v) is 12.3. The Labute approximate surface area is 182 Å². The van der Waals surface area contributed by atoms with Crippen LogP contribution in [0.25, 0.3) is 0 Å². The van der Waals surface area contributed by atoms with E-state index < -0.39 is 15.4 Å². The number of carbonyl (C=O) groups excluding carboxylic acids is 1. The summed E-state index contributed by atoms with van der Waals surface area (Å²) in [6.45, 7) is 4.96. The lowest BCUT2D eigenvalue weighted by atomic mass is 9.80. The van der Waals surface area contributed by atoms with Crippen LogP contribution in [0.4, 0.5) is 0 Å². The van der Waals surface area contributed by atoms with E-state index in [2.05, 4.69) is 15.5 Å². The molecule has 2 heterocycles. The standard InChI is InChI=1S/C21H28N4O5S/c1-4-29-18-7-5-15(6-8-18)9-19(26)23-17-10-16-12-25(31(3,27)28)13-21(16,11-17)20-22-14(2)24-30-20/h5-8,16-17H,4,9-13H2,1-3H3,(H,23,26)/t16-,17+,21-/m0/s1. The minimum absolute atomic E-state index is 0.0119. The molecule has 1 aromatic heterocycles. The number of sulfonamides is 1. The van der Waals surface area contributed by atoms with Gasteiger partial charge in [0.15, 0.2) is 5.82 Å². The largest absolute Gasteiger partial charge is 0.494 e. The molecule has 1 amide bonds. The first kappa shape index (κ1) is 21.8. The highest BCUT2D eigenvalue weighted by Gasteiger charge is 2.58. The van der Waals surface area contributed by atoms with Crippen LogP contribution in [0.15, 0.2) is 28.8 Å². The molecule has 4 rings (SSSR count). The number of hydrogen-bond donors (Lipinski definition) is 1. The van der Waals surface area contributed by atoms with Crippen molar-refractivity contribution in [2.45, 2.75) is 44.6 Å². The van der Waals surface area contributed by atoms with Crippen molar-refractivity contribution >= 4 is 15.9 Å². The van der Waals surface area contributed by atoms with E-state index in [4.69, 9.17) is 9.26 Å². The zero-order valence-electron chi connectivity index (χ0n) is 18.0. The number of carbonyl (C=O) groups is 1. The first-order chi connectivity index (χ1) is 14.7. The fourth-order valence-corrected chi connectivity index (χ4v) is 5.77. The van der Waals surface area contributed by atoms with Gasteiger partial charge in [-0.25, -0.2) is 12.7 Å². The Hall–Kier alpha value is -2.46. The summed E-state index contributed by atoms with van der Waals surface area (Å²) in [5.41, 5.74) is 0.339. The van der Waals surface area contributed by atoms with Gasteiger partial charge in [0.05, 0.1) is 24.7 Å². The van der Waals surface area contributed by atoms with Crippen LogP contribution in [-0.4, -0.2) is 60.8 Å². The van der Waals surface area contributed by atoms with Crippen LogP contribution in [0.3, 0.4) is 0 Å². The van der Waals surface area contributed by atoms with E-state index in [9.17, 15) is 13.2 Å². The highest BCUT2D eigenvalue weighted by molar-refractivity contribution is 7.88. The minimum atomic E-state index is -3.33. The third-order valence-electron chi connectivity index (χ3n) is 6.23. The third kappa shape index (κ3) is 4.45. The average Bonchev–Trinajstić information content (AvgIpc) is 3.35. The summed E-state index contributed by atoms with van der Waals surface area (Å²) >= 11 is 0. The summed E-state index contributed by atoms with van der Waals surface area (Å²) in [6, 6.07) is 7.42. The van der Waals surface area contributed by atoms with E-state index in [0.717, 1.165) is 11.3 Å². The lowest BCUT2D eigenvalue weighted by Crippen LogP contribution is -2.39. The molecule has 2 aromatic rings. The molecule has 1 saturated heterocycles. The Bertz CT molecular complexity index is 1050. The van der Waals surface area contributed by atoms with Crippen LogP contribution < -0.4 is 10.1 Å². The Morgan fingerprint density at radius 1 is 1.35 bits per heavy atom. The summed E-state index contributed by atoms with van der Waals surface area (Å²) < 4.78 is 36.7. The van der Waals surface area contributed by atoms with Crippen molar-refractivity contribution in [1.82, 2.24) is 19.8 Å². The van der Waals surface area contributed by atoms with Crippen molar-refractivity contribution in [2.24, 2.45) is 5.92 Å². The molecule has 1 N–H and O–H groups in total. The molecule has 0 unspecified atom stereocenters. The van der Waals surface area contributed by atoms with Crippen LogP contribution >= 0.6 is 0 Å². The van der Waals surface area contributed by atoms with Gasteiger partial charge in [-0.15, -0.1) is 0 Å². The highest BCUT2D eigenvalue weighted by atomic mass is 32.2. The summed E-state index contributed by atoms with van der Waals surface area (Å²) in [7, 11) is -3.33. The summed E-state index contributed by atoms with van der Waals surface area (Å²) in [4.78, 5) is 17.1. The van der Waals surface area contributed by atoms with Crippen LogP contribution in [0.5, 0.6) is 5.75 Å². The van der Waals surface area contributed by atoms with Crippen molar-refractivity contribution in [1.29, 1.82) is 0 Å². The van der Waals surface area contributed by atoms with Gasteiger partial charge in [0, 0.05) is 19.1 Å². The predicted molar refractivity (Wildman–Crippen MR) is 113 cm³/mol. The highest BCUT2D eigenvalue weighted by Crippen LogP contribution is 2.50. The molecule has 168 valence electrons. The molecule has 1 saturated carbocycles. The van der Waals surface area contributed by atoms with Gasteiger partial charge in [-0.3, -0.25) is 4.79 Å². The van der Waals surface area contributed by atoms with Crippen LogP contribution in [0.2, 0.25) is 0 Å². The Morgan fingerprint density at radius 3 is 2.71 bits per heavy atom. The Morgan fingerprint density at radius 2 is 2.10 bits per heavy atom. The molecular weight excluding hydrogens is 420 g/mol. The number of fused-ring (bicyclic) bond motifs is 1. The van der Waals surface area contributed by atoms with Crippen LogP contribution in [0, 0.1) is 12.8 Å². The van der Waals surface area contributed by atoms with Crippen molar-refractivity contribution in [3.63, 3.8) is 0 Å². The summed E-state index contributed by atoms with van der Waals surface area (Å²) in [6.07, 6.45) is 2.73. The van der Waals surface area contributed by atoms with Crippen LogP contribution in [0.1, 0.15) is 37.0 Å². The maximum absolute atomic E-state index is 12.7. The number of amides is 1. The molecule has 9 nitrogen and oxygen atoms in total. The fraction of sp³-hybridized carbons (Fsp3) is 0.571. The molecule has 31 heavy (non-hydrogen) atoms. The number of benzene rings is 1. The normalized spacial score (nSPS) is 26.0. The van der Waals surface area contributed by atoms with E-state index in [1.54, 1.807) is 6.92 Å². The second-order valence-corrected chi connectivity index (χ2v) is 10.5. The van der Waals surface area contributed by atoms with Gasteiger partial charge in [0.2, 0.25) is 21.8 Å². The topological polar surface area (TPSA) is 115 Å². The molecule has 1 aliphatic heterocycles. The van der Waals surface area contributed by atoms with Gasteiger partial charge in [-0.2, -0.15) is 4.98 Å². The maximum Gasteiger partial charge on any atom is 0.234 e. The molecule has 1 aromatic carbocycles. The lowest BCUT2D eigenvalue weighted by molar-refractivity contribution is -0.121. The quantitative estimate of drug-likeness (QED) is 0.681. The molecule has 2 aliphatic rings. The predicted octanol–water partition coefficient (Wildman–Crippen LogP) is 1.43. The lowest BCUT2D eigenvalue weighted by Gasteiger charge is -2.24. The molecule has 2 fully saturated rings. The molecule has 10 heteroatoms. The molecule has 0 spiro atoms. The SMILES string of the molecule is CCOc1ccc(CC(=O)N[C@@H]2C[C@H]3CN(S(C)(=O)=O)C[C@@]3(c3nc(C)no3)C2)cc1. The number of aryl methyl sites for hydroxylation is 1. The van der Waals surface area contributed by atoms with E-state index in [-0.39, 0.29) is 24.3 Å². The zero-order chi connectivity index (χ0) is 22.2. The van der Waals surface area contributed by atoms with Gasteiger partial charge >= 0.3 is 0 Å². The Balaban J connectivity index is 1.45. The third-order valence-corrected chi connectivity index (χ3v) is 7.45. The minimum Gasteiger partial charge on any atom is -0.494 e. The van der Waals surface area contributed by atoms with E-state index >= 15 is 0 Å². The van der Waals surface area contributed by atoms with Crippen molar-refractivity contribution < 1.29 is 22.5 Å². The van der Waals surface area contributed by atoms with Gasteiger partial charge in [-0.05, 0) is 50.3 Å². The van der Waals surface area contributed by atoms with Crippen molar-refractivity contribution in [3.05, 3.63) is 41.5 Å². The number of hydrogen-bond acceptors (Lipinski definition) is 7. The summed E-state index contributed by atoms with van der Waals surface area (Å²) in [5, 5.41) is 7.04. The molecule has 0 radical (unpaired) electrons. The fourth-order valence-electron chi connectivity index (χ4n) is 4.85. The number of ether oxygens (including phenoxy) is 1. The van der Waals surface area contributed by atoms with Gasteiger partial charge in [-0.1, -0.05) is 17.3 Å². The monoisotopic (exact) mass is 448 g/mol. The van der Waals surface area contributed by atoms with E-state index in [0.29, 0.717) is 44.3 Å². The second kappa shape index (κ2) is 8.23. The Kier molecular flexibility index (Phi) is 5.78. The first-order valence-electron chi connectivity index (χ1n) is 10.5. The van der Waals surface area contributed by atoms with E-state index in [1.807, 2.05) is 31.2 Å². The maximum atomic E-state index is 12.7. The van der Waals surface area contributed by atoms with Crippen molar-refractivity contribution in [3.8, 4) is 5.75 Å². The smallest absolute Gasteiger partial charge is 0.234 e. The molecule has 1 aliphatic carbocycles. The van der Waals surface area contributed by atoms with Gasteiger partial charge < -0.3 is 14.6 Å². The molecular formula is C21H28N4O5S. The molecule has 3 atom stereocenters. The average molecular weight is 449 g/mol.